The zero-order valence-corrected chi connectivity index (χ0v) is 12.4. The Balaban J connectivity index is 1.92. The van der Waals surface area contributed by atoms with Crippen molar-refractivity contribution in [2.75, 3.05) is 26.7 Å². The zero-order chi connectivity index (χ0) is 13.9. The van der Waals surface area contributed by atoms with Gasteiger partial charge in [-0.3, -0.25) is 0 Å². The van der Waals surface area contributed by atoms with Gasteiger partial charge in [0.15, 0.2) is 0 Å². The highest BCUT2D eigenvalue weighted by molar-refractivity contribution is 7.89. The van der Waals surface area contributed by atoms with Gasteiger partial charge in [0.05, 0.1) is 0 Å². The van der Waals surface area contributed by atoms with Crippen LogP contribution in [0.15, 0.2) is 23.2 Å². The lowest BCUT2D eigenvalue weighted by Crippen LogP contribution is -2.36. The van der Waals surface area contributed by atoms with E-state index in [2.05, 4.69) is 21.7 Å². The minimum Gasteiger partial charge on any atom is -0.306 e. The zero-order valence-electron chi connectivity index (χ0n) is 10.8. The number of rotatable bonds is 4. The number of hydrogen-bond donors (Lipinski definition) is 1. The number of likely N-dealkylation sites (tertiary alicyclic amines) is 1. The Labute approximate surface area is 119 Å². The monoisotopic (exact) mass is 303 g/mol. The van der Waals surface area contributed by atoms with Crippen molar-refractivity contribution in [1.29, 1.82) is 0 Å². The van der Waals surface area contributed by atoms with Crippen molar-refractivity contribution in [2.45, 2.75) is 17.7 Å². The molecule has 2 heterocycles. The second-order valence-electron chi connectivity index (χ2n) is 4.92. The maximum Gasteiger partial charge on any atom is 0.242 e. The van der Waals surface area contributed by atoms with Gasteiger partial charge in [-0.05, 0) is 51.0 Å². The first-order chi connectivity index (χ1) is 8.97. The van der Waals surface area contributed by atoms with E-state index in [1.54, 1.807) is 0 Å². The van der Waals surface area contributed by atoms with Crippen LogP contribution in [-0.4, -0.2) is 45.0 Å². The lowest BCUT2D eigenvalue weighted by Gasteiger charge is -2.28. The van der Waals surface area contributed by atoms with Crippen molar-refractivity contribution in [3.05, 3.63) is 23.5 Å². The number of nitrogens with zero attached hydrogens (tertiary/aromatic N) is 2. The van der Waals surface area contributed by atoms with Gasteiger partial charge in [0, 0.05) is 12.7 Å². The molecule has 5 nitrogen and oxygen atoms in total. The number of piperidine rings is 1. The summed E-state index contributed by atoms with van der Waals surface area (Å²) >= 11 is 5.64. The van der Waals surface area contributed by atoms with Crippen LogP contribution in [0.1, 0.15) is 12.8 Å². The fourth-order valence-corrected chi connectivity index (χ4v) is 3.27. The minimum atomic E-state index is -3.47. The fraction of sp³-hybridized carbons (Fsp3) is 0.583. The SMILES string of the molecule is CN1CCC(CNS(=O)(=O)c2ccc(Cl)nc2)CC1. The normalized spacial score (nSPS) is 18.6. The van der Waals surface area contributed by atoms with Gasteiger partial charge in [0.1, 0.15) is 10.0 Å². The summed E-state index contributed by atoms with van der Waals surface area (Å²) in [6, 6.07) is 2.94. The Morgan fingerprint density at radius 3 is 2.68 bits per heavy atom. The standard InChI is InChI=1S/C12H18ClN3O2S/c1-16-6-4-10(5-7-16)8-15-19(17,18)11-2-3-12(13)14-9-11/h2-3,9-10,15H,4-8H2,1H3. The van der Waals surface area contributed by atoms with Crippen LogP contribution < -0.4 is 4.72 Å². The van der Waals surface area contributed by atoms with Gasteiger partial charge in [0.2, 0.25) is 10.0 Å². The number of hydrogen-bond acceptors (Lipinski definition) is 4. The van der Waals surface area contributed by atoms with Gasteiger partial charge < -0.3 is 4.90 Å². The van der Waals surface area contributed by atoms with Gasteiger partial charge in [0.25, 0.3) is 0 Å². The topological polar surface area (TPSA) is 62.3 Å². The fourth-order valence-electron chi connectivity index (χ4n) is 2.10. The van der Waals surface area contributed by atoms with Crippen LogP contribution in [0.4, 0.5) is 0 Å². The molecule has 0 spiro atoms. The van der Waals surface area contributed by atoms with E-state index >= 15 is 0 Å². The van der Waals surface area contributed by atoms with Crippen LogP contribution in [0.3, 0.4) is 0 Å². The van der Waals surface area contributed by atoms with Crippen LogP contribution in [0, 0.1) is 5.92 Å². The van der Waals surface area contributed by atoms with E-state index in [1.807, 2.05) is 0 Å². The Hall–Kier alpha value is -0.690. The Kier molecular flexibility index (Phi) is 4.78. The Bertz CT molecular complexity index is 510. The molecule has 0 amide bonds. The van der Waals surface area contributed by atoms with E-state index in [-0.39, 0.29) is 10.0 Å². The van der Waals surface area contributed by atoms with Crippen molar-refractivity contribution in [3.8, 4) is 0 Å². The van der Waals surface area contributed by atoms with Crippen molar-refractivity contribution >= 4 is 21.6 Å². The quantitative estimate of drug-likeness (QED) is 0.853. The first-order valence-electron chi connectivity index (χ1n) is 6.27. The number of sulfonamides is 1. The molecule has 0 aromatic carbocycles. The van der Waals surface area contributed by atoms with E-state index < -0.39 is 10.0 Å². The summed E-state index contributed by atoms with van der Waals surface area (Å²) in [6.45, 7) is 2.53. The van der Waals surface area contributed by atoms with Crippen LogP contribution in [0.5, 0.6) is 0 Å². The molecule has 1 aliphatic heterocycles. The minimum absolute atomic E-state index is 0.157. The average molecular weight is 304 g/mol. The second kappa shape index (κ2) is 6.17. The molecule has 1 fully saturated rings. The van der Waals surface area contributed by atoms with Gasteiger partial charge >= 0.3 is 0 Å². The summed E-state index contributed by atoms with van der Waals surface area (Å²) in [5.41, 5.74) is 0. The molecular formula is C12H18ClN3O2S. The average Bonchev–Trinajstić information content (AvgIpc) is 2.39. The molecule has 1 saturated heterocycles. The van der Waals surface area contributed by atoms with E-state index in [4.69, 9.17) is 11.6 Å². The van der Waals surface area contributed by atoms with Crippen LogP contribution >= 0.6 is 11.6 Å². The Morgan fingerprint density at radius 2 is 2.11 bits per heavy atom. The summed E-state index contributed by atoms with van der Waals surface area (Å²) in [4.78, 5) is 6.20. The maximum absolute atomic E-state index is 12.0. The highest BCUT2D eigenvalue weighted by Crippen LogP contribution is 2.16. The smallest absolute Gasteiger partial charge is 0.242 e. The third-order valence-electron chi connectivity index (χ3n) is 3.41. The number of nitrogens with one attached hydrogen (secondary N) is 1. The molecule has 1 aromatic heterocycles. The second-order valence-corrected chi connectivity index (χ2v) is 7.07. The van der Waals surface area contributed by atoms with Gasteiger partial charge in [-0.25, -0.2) is 18.1 Å². The van der Waals surface area contributed by atoms with Crippen LogP contribution in [0.25, 0.3) is 0 Å². The lowest BCUT2D eigenvalue weighted by atomic mass is 9.98. The first kappa shape index (κ1) is 14.7. The van der Waals surface area contributed by atoms with Crippen molar-refractivity contribution in [1.82, 2.24) is 14.6 Å². The summed E-state index contributed by atoms with van der Waals surface area (Å²) in [5.74, 6) is 0.409. The maximum atomic E-state index is 12.0. The Morgan fingerprint density at radius 1 is 1.42 bits per heavy atom. The third-order valence-corrected chi connectivity index (χ3v) is 5.04. The van der Waals surface area contributed by atoms with Crippen LogP contribution in [-0.2, 0) is 10.0 Å². The van der Waals surface area contributed by atoms with Gasteiger partial charge in [-0.15, -0.1) is 0 Å². The molecule has 2 rings (SSSR count). The highest BCUT2D eigenvalue weighted by atomic mass is 35.5. The molecule has 0 aliphatic carbocycles. The van der Waals surface area contributed by atoms with E-state index in [0.717, 1.165) is 25.9 Å². The van der Waals surface area contributed by atoms with Crippen LogP contribution in [0.2, 0.25) is 5.15 Å². The summed E-state index contributed by atoms with van der Waals surface area (Å²) < 4.78 is 26.7. The predicted molar refractivity (Wildman–Crippen MR) is 74.7 cm³/mol. The molecule has 0 unspecified atom stereocenters. The third kappa shape index (κ3) is 4.14. The van der Waals surface area contributed by atoms with Crippen molar-refractivity contribution in [2.24, 2.45) is 5.92 Å². The summed E-state index contributed by atoms with van der Waals surface area (Å²) in [7, 11) is -1.39. The summed E-state index contributed by atoms with van der Waals surface area (Å²) in [6.07, 6.45) is 3.33. The molecule has 0 radical (unpaired) electrons. The van der Waals surface area contributed by atoms with E-state index in [0.29, 0.717) is 12.5 Å². The molecular weight excluding hydrogens is 286 g/mol. The molecule has 1 aliphatic rings. The number of pyridine rings is 1. The number of halogens is 1. The van der Waals surface area contributed by atoms with Gasteiger partial charge in [-0.2, -0.15) is 0 Å². The molecule has 106 valence electrons. The molecule has 1 aromatic rings. The van der Waals surface area contributed by atoms with Gasteiger partial charge in [-0.1, -0.05) is 11.6 Å². The summed E-state index contributed by atoms with van der Waals surface area (Å²) in [5, 5.41) is 0.286. The largest absolute Gasteiger partial charge is 0.306 e. The predicted octanol–water partition coefficient (Wildman–Crippen LogP) is 1.36. The van der Waals surface area contributed by atoms with E-state index in [9.17, 15) is 8.42 Å². The molecule has 1 N–H and O–H groups in total. The van der Waals surface area contributed by atoms with E-state index in [1.165, 1.54) is 18.3 Å². The molecule has 0 bridgehead atoms. The molecule has 0 atom stereocenters. The molecule has 19 heavy (non-hydrogen) atoms. The molecule has 0 saturated carbocycles. The van der Waals surface area contributed by atoms with Crippen molar-refractivity contribution in [3.63, 3.8) is 0 Å². The highest BCUT2D eigenvalue weighted by Gasteiger charge is 2.20. The first-order valence-corrected chi connectivity index (χ1v) is 8.13. The lowest BCUT2D eigenvalue weighted by molar-refractivity contribution is 0.220. The number of aromatic nitrogens is 1. The molecule has 7 heteroatoms. The van der Waals surface area contributed by atoms with Crippen molar-refractivity contribution < 1.29 is 8.42 Å².